The van der Waals surface area contributed by atoms with Crippen LogP contribution in [0.25, 0.3) is 0 Å². The molecular weight excluding hydrogens is 238 g/mol. The molecule has 0 amide bonds. The van der Waals surface area contributed by atoms with Gasteiger partial charge in [-0.2, -0.15) is 0 Å². The summed E-state index contributed by atoms with van der Waals surface area (Å²) in [6.07, 6.45) is 1.91. The molecule has 0 saturated carbocycles. The molecule has 0 aromatic carbocycles. The van der Waals surface area contributed by atoms with Crippen molar-refractivity contribution in [3.63, 3.8) is 0 Å². The van der Waals surface area contributed by atoms with Gasteiger partial charge >= 0.3 is 0 Å². The Morgan fingerprint density at radius 2 is 1.76 bits per heavy atom. The van der Waals surface area contributed by atoms with Gasteiger partial charge in [-0.15, -0.1) is 0 Å². The van der Waals surface area contributed by atoms with E-state index in [-0.39, 0.29) is 5.25 Å². The second kappa shape index (κ2) is 6.16. The molecule has 4 nitrogen and oxygen atoms in total. The second-order valence-electron chi connectivity index (χ2n) is 5.26. The molecule has 1 aliphatic rings. The van der Waals surface area contributed by atoms with Gasteiger partial charge in [0, 0.05) is 26.8 Å². The first-order valence-corrected chi connectivity index (χ1v) is 7.87. The number of methoxy groups -OCH3 is 1. The van der Waals surface area contributed by atoms with Gasteiger partial charge in [-0.05, 0) is 38.5 Å². The zero-order valence-electron chi connectivity index (χ0n) is 11.3. The summed E-state index contributed by atoms with van der Waals surface area (Å²) in [6.45, 7) is 7.77. The summed E-state index contributed by atoms with van der Waals surface area (Å²) in [7, 11) is -1.34. The van der Waals surface area contributed by atoms with Gasteiger partial charge in [0.15, 0.2) is 0 Å². The van der Waals surface area contributed by atoms with Crippen LogP contribution in [0.4, 0.5) is 0 Å². The molecule has 0 spiro atoms. The minimum Gasteiger partial charge on any atom is -0.384 e. The maximum absolute atomic E-state index is 12.0. The minimum atomic E-state index is -3.06. The Bertz CT molecular complexity index is 319. The van der Waals surface area contributed by atoms with Crippen molar-refractivity contribution in [2.45, 2.75) is 38.9 Å². The summed E-state index contributed by atoms with van der Waals surface area (Å²) < 4.78 is 30.8. The maximum atomic E-state index is 12.0. The number of rotatable bonds is 5. The van der Waals surface area contributed by atoms with Gasteiger partial charge < -0.3 is 4.74 Å². The van der Waals surface area contributed by atoms with Crippen LogP contribution in [0.15, 0.2) is 0 Å². The topological polar surface area (TPSA) is 46.6 Å². The lowest BCUT2D eigenvalue weighted by Crippen LogP contribution is -2.43. The first-order valence-electron chi connectivity index (χ1n) is 6.37. The number of sulfonamides is 1. The molecule has 1 heterocycles. The largest absolute Gasteiger partial charge is 0.384 e. The Morgan fingerprint density at radius 3 is 2.18 bits per heavy atom. The first kappa shape index (κ1) is 14.9. The van der Waals surface area contributed by atoms with E-state index in [2.05, 4.69) is 6.92 Å². The Hall–Kier alpha value is -0.130. The predicted octanol–water partition coefficient (Wildman–Crippen LogP) is 1.72. The molecule has 1 rings (SSSR count). The molecule has 1 aliphatic heterocycles. The Balaban J connectivity index is 2.51. The standard InChI is InChI=1S/C12H25NO3S/c1-10(2)17(14,15)13-7-5-12(6-8-13)11(3)9-16-4/h10-12H,5-9H2,1-4H3. The molecule has 0 aromatic rings. The molecule has 0 aromatic heterocycles. The predicted molar refractivity (Wildman–Crippen MR) is 69.4 cm³/mol. The zero-order chi connectivity index (χ0) is 13.1. The molecular formula is C12H25NO3S. The van der Waals surface area contributed by atoms with Crippen LogP contribution in [0.5, 0.6) is 0 Å². The van der Waals surface area contributed by atoms with E-state index in [0.29, 0.717) is 24.9 Å². The Kier molecular flexibility index (Phi) is 5.41. The van der Waals surface area contributed by atoms with Crippen LogP contribution in [-0.4, -0.2) is 44.8 Å². The van der Waals surface area contributed by atoms with Gasteiger partial charge in [0.05, 0.1) is 5.25 Å². The van der Waals surface area contributed by atoms with E-state index in [1.54, 1.807) is 25.3 Å². The highest BCUT2D eigenvalue weighted by atomic mass is 32.2. The Labute approximate surface area is 105 Å². The second-order valence-corrected chi connectivity index (χ2v) is 7.75. The SMILES string of the molecule is COCC(C)C1CCN(S(=O)(=O)C(C)C)CC1. The molecule has 1 atom stereocenters. The van der Waals surface area contributed by atoms with Crippen LogP contribution in [0.1, 0.15) is 33.6 Å². The van der Waals surface area contributed by atoms with E-state index in [1.807, 2.05) is 0 Å². The normalized spacial score (nSPS) is 21.9. The summed E-state index contributed by atoms with van der Waals surface area (Å²) in [5.74, 6) is 1.11. The van der Waals surface area contributed by atoms with Crippen LogP contribution in [0, 0.1) is 11.8 Å². The van der Waals surface area contributed by atoms with Crippen molar-refractivity contribution in [1.29, 1.82) is 0 Å². The molecule has 102 valence electrons. The van der Waals surface area contributed by atoms with Gasteiger partial charge in [0.1, 0.15) is 0 Å². The molecule has 1 unspecified atom stereocenters. The monoisotopic (exact) mass is 263 g/mol. The highest BCUT2D eigenvalue weighted by Gasteiger charge is 2.31. The Morgan fingerprint density at radius 1 is 1.24 bits per heavy atom. The van der Waals surface area contributed by atoms with Crippen molar-refractivity contribution < 1.29 is 13.2 Å². The van der Waals surface area contributed by atoms with Crippen LogP contribution < -0.4 is 0 Å². The molecule has 0 N–H and O–H groups in total. The van der Waals surface area contributed by atoms with Gasteiger partial charge in [0.2, 0.25) is 10.0 Å². The van der Waals surface area contributed by atoms with E-state index < -0.39 is 10.0 Å². The summed E-state index contributed by atoms with van der Waals surface area (Å²) >= 11 is 0. The summed E-state index contributed by atoms with van der Waals surface area (Å²) in [6, 6.07) is 0. The van der Waals surface area contributed by atoms with Crippen molar-refractivity contribution in [3.05, 3.63) is 0 Å². The minimum absolute atomic E-state index is 0.310. The molecule has 17 heavy (non-hydrogen) atoms. The fraction of sp³-hybridized carbons (Fsp3) is 1.00. The highest BCUT2D eigenvalue weighted by molar-refractivity contribution is 7.89. The number of hydrogen-bond donors (Lipinski definition) is 0. The summed E-state index contributed by atoms with van der Waals surface area (Å²) in [5, 5.41) is -0.310. The van der Waals surface area contributed by atoms with Gasteiger partial charge in [-0.3, -0.25) is 0 Å². The third kappa shape index (κ3) is 3.66. The molecule has 5 heteroatoms. The van der Waals surface area contributed by atoms with E-state index in [0.717, 1.165) is 19.4 Å². The van der Waals surface area contributed by atoms with E-state index in [9.17, 15) is 8.42 Å². The smallest absolute Gasteiger partial charge is 0.216 e. The number of piperidine rings is 1. The van der Waals surface area contributed by atoms with Crippen LogP contribution >= 0.6 is 0 Å². The fourth-order valence-electron chi connectivity index (χ4n) is 2.40. The van der Waals surface area contributed by atoms with Crippen molar-refractivity contribution >= 4 is 10.0 Å². The third-order valence-corrected chi connectivity index (χ3v) is 5.96. The number of nitrogens with zero attached hydrogens (tertiary/aromatic N) is 1. The summed E-state index contributed by atoms with van der Waals surface area (Å²) in [4.78, 5) is 0. The molecule has 0 aliphatic carbocycles. The lowest BCUT2D eigenvalue weighted by molar-refractivity contribution is 0.107. The van der Waals surface area contributed by atoms with Gasteiger partial charge in [-0.1, -0.05) is 6.92 Å². The van der Waals surface area contributed by atoms with Gasteiger partial charge in [-0.25, -0.2) is 12.7 Å². The summed E-state index contributed by atoms with van der Waals surface area (Å²) in [5.41, 5.74) is 0. The average molecular weight is 263 g/mol. The quantitative estimate of drug-likeness (QED) is 0.759. The first-order chi connectivity index (χ1) is 7.89. The lowest BCUT2D eigenvalue weighted by Gasteiger charge is -2.34. The zero-order valence-corrected chi connectivity index (χ0v) is 12.2. The van der Waals surface area contributed by atoms with E-state index in [1.165, 1.54) is 0 Å². The molecule has 0 bridgehead atoms. The third-order valence-electron chi connectivity index (χ3n) is 3.69. The van der Waals surface area contributed by atoms with Crippen LogP contribution in [-0.2, 0) is 14.8 Å². The van der Waals surface area contributed by atoms with Crippen molar-refractivity contribution in [1.82, 2.24) is 4.31 Å². The number of ether oxygens (including phenoxy) is 1. The number of hydrogen-bond acceptors (Lipinski definition) is 3. The molecule has 0 radical (unpaired) electrons. The fourth-order valence-corrected chi connectivity index (χ4v) is 3.71. The van der Waals surface area contributed by atoms with E-state index >= 15 is 0 Å². The van der Waals surface area contributed by atoms with Crippen LogP contribution in [0.2, 0.25) is 0 Å². The van der Waals surface area contributed by atoms with Crippen molar-refractivity contribution in [2.75, 3.05) is 26.8 Å². The molecule has 1 fully saturated rings. The van der Waals surface area contributed by atoms with Crippen molar-refractivity contribution in [3.8, 4) is 0 Å². The highest BCUT2D eigenvalue weighted by Crippen LogP contribution is 2.27. The van der Waals surface area contributed by atoms with Gasteiger partial charge in [0.25, 0.3) is 0 Å². The average Bonchev–Trinajstić information content (AvgIpc) is 2.29. The molecule has 1 saturated heterocycles. The van der Waals surface area contributed by atoms with Crippen molar-refractivity contribution in [2.24, 2.45) is 11.8 Å². The lowest BCUT2D eigenvalue weighted by atomic mass is 9.87. The van der Waals surface area contributed by atoms with Crippen LogP contribution in [0.3, 0.4) is 0 Å². The maximum Gasteiger partial charge on any atom is 0.216 e. The van der Waals surface area contributed by atoms with E-state index in [4.69, 9.17) is 4.74 Å².